The van der Waals surface area contributed by atoms with Crippen LogP contribution in [0.1, 0.15) is 0 Å². The van der Waals surface area contributed by atoms with Crippen LogP contribution in [0.15, 0.2) is 53.3 Å². The fourth-order valence-electron chi connectivity index (χ4n) is 1.67. The molecule has 0 bridgehead atoms. The lowest BCUT2D eigenvalue weighted by Crippen LogP contribution is -1.97. The molecule has 0 saturated carbocycles. The molecule has 0 fully saturated rings. The summed E-state index contributed by atoms with van der Waals surface area (Å²) in [7, 11) is 0. The van der Waals surface area contributed by atoms with E-state index < -0.39 is 0 Å². The number of halogens is 1. The molecule has 3 rings (SSSR count). The van der Waals surface area contributed by atoms with Gasteiger partial charge in [-0.05, 0) is 30.3 Å². The molecule has 0 amide bonds. The Morgan fingerprint density at radius 2 is 2.06 bits per heavy atom. The lowest BCUT2D eigenvalue weighted by atomic mass is 10.2. The third-order valence-electron chi connectivity index (χ3n) is 2.40. The lowest BCUT2D eigenvalue weighted by Gasteiger charge is -2.01. The zero-order valence-corrected chi connectivity index (χ0v) is 9.92. The maximum Gasteiger partial charge on any atom is 0.153 e. The maximum absolute atomic E-state index is 4.34. The first-order valence-electron chi connectivity index (χ1n) is 4.89. The first kappa shape index (κ1) is 9.54. The summed E-state index contributed by atoms with van der Waals surface area (Å²) in [5.41, 5.74) is 1.06. The molecule has 16 heavy (non-hydrogen) atoms. The summed E-state index contributed by atoms with van der Waals surface area (Å²) in [6.45, 7) is 0. The van der Waals surface area contributed by atoms with Gasteiger partial charge < -0.3 is 0 Å². The molecule has 0 saturated heterocycles. The summed E-state index contributed by atoms with van der Waals surface area (Å²) in [4.78, 5) is 4.28. The average Bonchev–Trinajstić information content (AvgIpc) is 2.73. The normalized spacial score (nSPS) is 10.8. The van der Waals surface area contributed by atoms with Crippen molar-refractivity contribution in [1.29, 1.82) is 0 Å². The third kappa shape index (κ3) is 1.51. The van der Waals surface area contributed by atoms with Gasteiger partial charge in [-0.1, -0.05) is 22.0 Å². The topological polar surface area (TPSA) is 30.7 Å². The quantitative estimate of drug-likeness (QED) is 0.682. The van der Waals surface area contributed by atoms with Crippen molar-refractivity contribution >= 4 is 26.8 Å². The van der Waals surface area contributed by atoms with Crippen LogP contribution in [0, 0.1) is 0 Å². The van der Waals surface area contributed by atoms with E-state index in [0.717, 1.165) is 21.2 Å². The van der Waals surface area contributed by atoms with Gasteiger partial charge in [-0.2, -0.15) is 5.10 Å². The zero-order chi connectivity index (χ0) is 11.0. The van der Waals surface area contributed by atoms with E-state index in [2.05, 4.69) is 26.0 Å². The fraction of sp³-hybridized carbons (Fsp3) is 0. The third-order valence-corrected chi connectivity index (χ3v) is 2.89. The van der Waals surface area contributed by atoms with E-state index in [1.165, 1.54) is 0 Å². The Hall–Kier alpha value is -1.68. The minimum absolute atomic E-state index is 0.833. The highest BCUT2D eigenvalue weighted by Gasteiger charge is 2.04. The Morgan fingerprint density at radius 1 is 1.12 bits per heavy atom. The van der Waals surface area contributed by atoms with E-state index in [-0.39, 0.29) is 0 Å². The van der Waals surface area contributed by atoms with Gasteiger partial charge in [0.1, 0.15) is 0 Å². The maximum atomic E-state index is 4.34. The lowest BCUT2D eigenvalue weighted by molar-refractivity contribution is 0.875. The first-order chi connectivity index (χ1) is 7.84. The van der Waals surface area contributed by atoms with Crippen molar-refractivity contribution in [3.05, 3.63) is 53.3 Å². The minimum atomic E-state index is 0.833. The van der Waals surface area contributed by atoms with E-state index in [1.54, 1.807) is 6.20 Å². The van der Waals surface area contributed by atoms with Gasteiger partial charge in [-0.3, -0.25) is 0 Å². The molecule has 2 aromatic heterocycles. The second-order valence-corrected chi connectivity index (χ2v) is 4.36. The number of hydrogen-bond donors (Lipinski definition) is 0. The summed E-state index contributed by atoms with van der Waals surface area (Å²) in [5.74, 6) is 0.833. The smallest absolute Gasteiger partial charge is 0.153 e. The van der Waals surface area contributed by atoms with E-state index in [0.29, 0.717) is 0 Å². The van der Waals surface area contributed by atoms with Gasteiger partial charge in [0, 0.05) is 16.1 Å². The summed E-state index contributed by atoms with van der Waals surface area (Å²) < 4.78 is 2.89. The molecule has 0 radical (unpaired) electrons. The second kappa shape index (κ2) is 3.72. The van der Waals surface area contributed by atoms with Crippen molar-refractivity contribution in [2.24, 2.45) is 0 Å². The van der Waals surface area contributed by atoms with Gasteiger partial charge in [-0.25, -0.2) is 9.67 Å². The van der Waals surface area contributed by atoms with Crippen molar-refractivity contribution in [2.75, 3.05) is 0 Å². The van der Waals surface area contributed by atoms with Gasteiger partial charge in [0.05, 0.1) is 11.7 Å². The molecule has 0 unspecified atom stereocenters. The van der Waals surface area contributed by atoms with Crippen LogP contribution in [0.3, 0.4) is 0 Å². The van der Waals surface area contributed by atoms with Crippen LogP contribution in [0.2, 0.25) is 0 Å². The molecule has 4 heteroatoms. The molecule has 0 aliphatic carbocycles. The van der Waals surface area contributed by atoms with E-state index in [9.17, 15) is 0 Å². The Labute approximate surface area is 101 Å². The molecular weight excluding hydrogens is 266 g/mol. The highest BCUT2D eigenvalue weighted by atomic mass is 79.9. The highest BCUT2D eigenvalue weighted by molar-refractivity contribution is 9.10. The first-order valence-corrected chi connectivity index (χ1v) is 5.68. The standard InChI is InChI=1S/C12H8BrN3/c13-10-4-5-11-9(7-10)8-15-16(11)12-3-1-2-6-14-12/h1-8H. The van der Waals surface area contributed by atoms with Crippen LogP contribution in [-0.2, 0) is 0 Å². The summed E-state index contributed by atoms with van der Waals surface area (Å²) in [5, 5.41) is 5.44. The van der Waals surface area contributed by atoms with Crippen molar-refractivity contribution in [3.8, 4) is 5.82 Å². The molecule has 0 atom stereocenters. The van der Waals surface area contributed by atoms with Crippen molar-refractivity contribution in [2.45, 2.75) is 0 Å². The number of rotatable bonds is 1. The number of nitrogens with zero attached hydrogens (tertiary/aromatic N) is 3. The molecular formula is C12H8BrN3. The number of hydrogen-bond acceptors (Lipinski definition) is 2. The molecule has 2 heterocycles. The predicted molar refractivity (Wildman–Crippen MR) is 66.6 cm³/mol. The van der Waals surface area contributed by atoms with Crippen LogP contribution >= 0.6 is 15.9 Å². The van der Waals surface area contributed by atoms with Crippen LogP contribution in [-0.4, -0.2) is 14.8 Å². The molecule has 3 aromatic rings. The fourth-order valence-corrected chi connectivity index (χ4v) is 2.04. The Kier molecular flexibility index (Phi) is 2.22. The van der Waals surface area contributed by atoms with Crippen molar-refractivity contribution < 1.29 is 0 Å². The average molecular weight is 274 g/mol. The van der Waals surface area contributed by atoms with Gasteiger partial charge in [-0.15, -0.1) is 0 Å². The van der Waals surface area contributed by atoms with Gasteiger partial charge >= 0.3 is 0 Å². The minimum Gasteiger partial charge on any atom is -0.237 e. The Bertz CT molecular complexity index is 631. The zero-order valence-electron chi connectivity index (χ0n) is 8.34. The molecule has 0 aliphatic heterocycles. The summed E-state index contributed by atoms with van der Waals surface area (Å²) in [6.07, 6.45) is 3.61. The molecule has 0 spiro atoms. The number of pyridine rings is 1. The van der Waals surface area contributed by atoms with Crippen molar-refractivity contribution in [1.82, 2.24) is 14.8 Å². The SMILES string of the molecule is Brc1ccc2c(cnn2-c2ccccn2)c1. The molecule has 1 aromatic carbocycles. The molecule has 0 aliphatic rings. The van der Waals surface area contributed by atoms with Crippen LogP contribution < -0.4 is 0 Å². The van der Waals surface area contributed by atoms with Gasteiger partial charge in [0.15, 0.2) is 5.82 Å². The van der Waals surface area contributed by atoms with E-state index in [1.807, 2.05) is 47.3 Å². The molecule has 3 nitrogen and oxygen atoms in total. The monoisotopic (exact) mass is 273 g/mol. The van der Waals surface area contributed by atoms with Gasteiger partial charge in [0.2, 0.25) is 0 Å². The summed E-state index contributed by atoms with van der Waals surface area (Å²) >= 11 is 3.45. The Morgan fingerprint density at radius 3 is 2.88 bits per heavy atom. The van der Waals surface area contributed by atoms with E-state index in [4.69, 9.17) is 0 Å². The van der Waals surface area contributed by atoms with Crippen LogP contribution in [0.25, 0.3) is 16.7 Å². The van der Waals surface area contributed by atoms with Crippen LogP contribution in [0.5, 0.6) is 0 Å². The highest BCUT2D eigenvalue weighted by Crippen LogP contribution is 2.21. The number of fused-ring (bicyclic) bond motifs is 1. The molecule has 0 N–H and O–H groups in total. The van der Waals surface area contributed by atoms with Crippen LogP contribution in [0.4, 0.5) is 0 Å². The van der Waals surface area contributed by atoms with Gasteiger partial charge in [0.25, 0.3) is 0 Å². The van der Waals surface area contributed by atoms with E-state index >= 15 is 0 Å². The Balaban J connectivity index is 2.26. The predicted octanol–water partition coefficient (Wildman–Crippen LogP) is 3.18. The molecule has 78 valence electrons. The number of aromatic nitrogens is 3. The summed E-state index contributed by atoms with van der Waals surface area (Å²) in [6, 6.07) is 11.9. The van der Waals surface area contributed by atoms with Crippen molar-refractivity contribution in [3.63, 3.8) is 0 Å². The largest absolute Gasteiger partial charge is 0.237 e. The number of benzene rings is 1. The second-order valence-electron chi connectivity index (χ2n) is 3.45.